The summed E-state index contributed by atoms with van der Waals surface area (Å²) < 4.78 is 0. The minimum absolute atomic E-state index is 0.656. The lowest BCUT2D eigenvalue weighted by Crippen LogP contribution is -1.98. The van der Waals surface area contributed by atoms with Crippen LogP contribution < -0.4 is 0 Å². The van der Waals surface area contributed by atoms with E-state index in [-0.39, 0.29) is 0 Å². The molecule has 300 valence electrons. The molecule has 0 N–H and O–H groups in total. The Labute approximate surface area is 372 Å². The molecule has 5 heteroatoms. The second-order valence-corrected chi connectivity index (χ2v) is 15.7. The molecule has 0 unspecified atom stereocenters. The summed E-state index contributed by atoms with van der Waals surface area (Å²) in [4.78, 5) is 25.2. The van der Waals surface area contributed by atoms with Crippen molar-refractivity contribution in [3.05, 3.63) is 237 Å². The van der Waals surface area contributed by atoms with E-state index in [0.29, 0.717) is 11.6 Å². The number of rotatable bonds is 9. The summed E-state index contributed by atoms with van der Waals surface area (Å²) in [6.07, 6.45) is 3.67. The molecule has 0 saturated heterocycles. The van der Waals surface area contributed by atoms with Crippen LogP contribution in [0.3, 0.4) is 0 Å². The molecule has 0 atom stereocenters. The number of hydrogen-bond donors (Lipinski definition) is 0. The Morgan fingerprint density at radius 2 is 0.719 bits per heavy atom. The van der Waals surface area contributed by atoms with Gasteiger partial charge in [-0.3, -0.25) is 4.98 Å². The van der Waals surface area contributed by atoms with Crippen molar-refractivity contribution in [2.75, 3.05) is 0 Å². The monoisotopic (exact) mass is 817 g/mol. The van der Waals surface area contributed by atoms with Gasteiger partial charge in [0.1, 0.15) is 0 Å². The van der Waals surface area contributed by atoms with Crippen LogP contribution in [0.25, 0.3) is 112 Å². The van der Waals surface area contributed by atoms with Crippen LogP contribution >= 0.6 is 0 Å². The van der Waals surface area contributed by atoms with Gasteiger partial charge < -0.3 is 0 Å². The summed E-state index contributed by atoms with van der Waals surface area (Å²) >= 11 is 0. The highest BCUT2D eigenvalue weighted by Crippen LogP contribution is 2.41. The van der Waals surface area contributed by atoms with Gasteiger partial charge in [0.25, 0.3) is 0 Å². The second kappa shape index (κ2) is 17.0. The average Bonchev–Trinajstić information content (AvgIpc) is 3.39. The number of hydrogen-bond acceptors (Lipinski definition) is 5. The molecule has 11 aromatic rings. The summed E-state index contributed by atoms with van der Waals surface area (Å²) in [6, 6.07) is 77.9. The average molecular weight is 818 g/mol. The molecule has 0 spiro atoms. The fourth-order valence-electron chi connectivity index (χ4n) is 8.46. The minimum Gasteiger partial charge on any atom is -0.265 e. The Hall–Kier alpha value is -8.67. The summed E-state index contributed by atoms with van der Waals surface area (Å²) in [5.74, 6) is 1.32. The first-order valence-corrected chi connectivity index (χ1v) is 21.4. The summed E-state index contributed by atoms with van der Waals surface area (Å²) in [5, 5.41) is 2.32. The van der Waals surface area contributed by atoms with Gasteiger partial charge in [0.05, 0.1) is 22.8 Å². The Kier molecular flexibility index (Phi) is 10.2. The fraction of sp³-hybridized carbons (Fsp3) is 0. The lowest BCUT2D eigenvalue weighted by atomic mass is 9.88. The van der Waals surface area contributed by atoms with E-state index >= 15 is 0 Å². The molecule has 64 heavy (non-hydrogen) atoms. The molecule has 0 radical (unpaired) electrons. The van der Waals surface area contributed by atoms with Gasteiger partial charge >= 0.3 is 0 Å². The molecule has 0 aliphatic carbocycles. The Balaban J connectivity index is 1.05. The molecule has 5 nitrogen and oxygen atoms in total. The first-order valence-electron chi connectivity index (χ1n) is 21.4. The third kappa shape index (κ3) is 7.63. The maximum absolute atomic E-state index is 5.26. The number of aromatic nitrogens is 5. The molecule has 8 aromatic carbocycles. The van der Waals surface area contributed by atoms with Crippen LogP contribution in [0, 0.1) is 0 Å². The van der Waals surface area contributed by atoms with Crippen molar-refractivity contribution in [1.29, 1.82) is 0 Å². The maximum atomic E-state index is 5.26. The van der Waals surface area contributed by atoms with Crippen molar-refractivity contribution in [2.45, 2.75) is 0 Å². The zero-order chi connectivity index (χ0) is 42.7. The number of nitrogens with zero attached hydrogens (tertiary/aromatic N) is 5. The largest absolute Gasteiger partial charge is 0.265 e. The van der Waals surface area contributed by atoms with Crippen molar-refractivity contribution in [3.8, 4) is 101 Å². The summed E-state index contributed by atoms with van der Waals surface area (Å²) in [6.45, 7) is 0. The van der Waals surface area contributed by atoms with E-state index in [1.165, 1.54) is 5.39 Å². The topological polar surface area (TPSA) is 64.5 Å². The number of benzene rings is 8. The van der Waals surface area contributed by atoms with Crippen molar-refractivity contribution < 1.29 is 0 Å². The number of fused-ring (bicyclic) bond motifs is 1. The van der Waals surface area contributed by atoms with E-state index in [2.05, 4.69) is 163 Å². The van der Waals surface area contributed by atoms with Gasteiger partial charge in [-0.05, 0) is 74.5 Å². The molecule has 0 fully saturated rings. The highest BCUT2D eigenvalue weighted by molar-refractivity contribution is 5.97. The summed E-state index contributed by atoms with van der Waals surface area (Å²) in [5.41, 5.74) is 15.9. The van der Waals surface area contributed by atoms with Gasteiger partial charge in [0.15, 0.2) is 11.6 Å². The van der Waals surface area contributed by atoms with E-state index < -0.39 is 0 Å². The molecule has 0 aliphatic rings. The molecule has 0 bridgehead atoms. The lowest BCUT2D eigenvalue weighted by molar-refractivity contribution is 1.18. The van der Waals surface area contributed by atoms with Gasteiger partial charge in [0, 0.05) is 45.8 Å². The van der Waals surface area contributed by atoms with Gasteiger partial charge in [-0.1, -0.05) is 194 Å². The zero-order valence-electron chi connectivity index (χ0n) is 34.8. The van der Waals surface area contributed by atoms with E-state index in [1.807, 2.05) is 79.1 Å². The molecular weight excluding hydrogens is 779 g/mol. The first-order chi connectivity index (χ1) is 31.7. The fourth-order valence-corrected chi connectivity index (χ4v) is 8.46. The van der Waals surface area contributed by atoms with Gasteiger partial charge in [-0.15, -0.1) is 0 Å². The molecule has 0 amide bonds. The van der Waals surface area contributed by atoms with E-state index in [0.717, 1.165) is 94.9 Å². The SMILES string of the molecule is c1ccc(-c2cc(-c3cccc4ccccc34)nc(-c3ccc(-c4ccc(-c5ccncc5)cc4-c4ccccc4-c4nc(-c5ccccc5)cc(-c5ccccc5)n4)cc3)n2)cc1. The molecule has 0 saturated carbocycles. The molecule has 0 aliphatic heterocycles. The third-order valence-electron chi connectivity index (χ3n) is 11.7. The molecule has 3 heterocycles. The zero-order valence-corrected chi connectivity index (χ0v) is 34.8. The van der Waals surface area contributed by atoms with Crippen molar-refractivity contribution in [3.63, 3.8) is 0 Å². The van der Waals surface area contributed by atoms with Gasteiger partial charge in [-0.2, -0.15) is 0 Å². The molecule has 11 rings (SSSR count). The van der Waals surface area contributed by atoms with E-state index in [4.69, 9.17) is 19.9 Å². The predicted molar refractivity (Wildman–Crippen MR) is 262 cm³/mol. The van der Waals surface area contributed by atoms with Crippen LogP contribution in [0.1, 0.15) is 0 Å². The van der Waals surface area contributed by atoms with Crippen LogP contribution in [-0.4, -0.2) is 24.9 Å². The van der Waals surface area contributed by atoms with Crippen LogP contribution in [0.2, 0.25) is 0 Å². The Morgan fingerprint density at radius 3 is 1.38 bits per heavy atom. The van der Waals surface area contributed by atoms with Crippen LogP contribution in [0.15, 0.2) is 237 Å². The lowest BCUT2D eigenvalue weighted by Gasteiger charge is -2.17. The number of pyridine rings is 1. The Morgan fingerprint density at radius 1 is 0.234 bits per heavy atom. The first kappa shape index (κ1) is 38.3. The van der Waals surface area contributed by atoms with Crippen LogP contribution in [0.4, 0.5) is 0 Å². The minimum atomic E-state index is 0.656. The van der Waals surface area contributed by atoms with Crippen molar-refractivity contribution >= 4 is 10.8 Å². The molecule has 3 aromatic heterocycles. The van der Waals surface area contributed by atoms with Crippen molar-refractivity contribution in [2.24, 2.45) is 0 Å². The molecular formula is C59H39N5. The normalized spacial score (nSPS) is 11.1. The highest BCUT2D eigenvalue weighted by Gasteiger charge is 2.19. The van der Waals surface area contributed by atoms with Gasteiger partial charge in [0.2, 0.25) is 0 Å². The second-order valence-electron chi connectivity index (χ2n) is 15.7. The third-order valence-corrected chi connectivity index (χ3v) is 11.7. The van der Waals surface area contributed by atoms with Crippen LogP contribution in [0.5, 0.6) is 0 Å². The smallest absolute Gasteiger partial charge is 0.161 e. The van der Waals surface area contributed by atoms with Gasteiger partial charge in [-0.25, -0.2) is 19.9 Å². The van der Waals surface area contributed by atoms with E-state index in [9.17, 15) is 0 Å². The standard InChI is InChI=1S/C59H39N5/c1-4-16-43(17-5-1)54-38-55(44-18-6-2-7-19-44)63-59(62-54)52-25-13-12-24-50(52)53-37-47(40-33-35-60-36-34-40)31-32-49(53)42-27-29-46(30-28-42)58-61-56(45-20-8-3-9-21-45)39-57(64-58)51-26-14-22-41-15-10-11-23-48(41)51/h1-39H. The maximum Gasteiger partial charge on any atom is 0.161 e. The highest BCUT2D eigenvalue weighted by atomic mass is 14.9. The van der Waals surface area contributed by atoms with E-state index in [1.54, 1.807) is 0 Å². The quantitative estimate of drug-likeness (QED) is 0.145. The Bertz CT molecular complexity index is 3350. The summed E-state index contributed by atoms with van der Waals surface area (Å²) in [7, 11) is 0. The van der Waals surface area contributed by atoms with Crippen LogP contribution in [-0.2, 0) is 0 Å². The predicted octanol–water partition coefficient (Wildman–Crippen LogP) is 14.8. The van der Waals surface area contributed by atoms with Crippen molar-refractivity contribution in [1.82, 2.24) is 24.9 Å².